The number of ether oxygens (including phenoxy) is 1. The molecule has 0 aliphatic carbocycles. The van der Waals surface area contributed by atoms with Gasteiger partial charge < -0.3 is 20.7 Å². The molecule has 0 heterocycles. The van der Waals surface area contributed by atoms with Gasteiger partial charge in [-0.1, -0.05) is 0 Å². The smallest absolute Gasteiger partial charge is 0.373 e. The Bertz CT molecular complexity index is 387. The Hall–Kier alpha value is -1.92. The lowest BCUT2D eigenvalue weighted by Gasteiger charge is -2.09. The van der Waals surface area contributed by atoms with Gasteiger partial charge in [0.25, 0.3) is 6.29 Å². The Morgan fingerprint density at radius 1 is 1.31 bits per heavy atom. The lowest BCUT2D eigenvalue weighted by atomic mass is 10.1. The van der Waals surface area contributed by atoms with Gasteiger partial charge in [-0.2, -0.15) is 0 Å². The second kappa shape index (κ2) is 5.24. The van der Waals surface area contributed by atoms with Crippen molar-refractivity contribution in [3.8, 4) is 5.75 Å². The number of hydrogen-bond acceptors (Lipinski definition) is 5. The van der Waals surface area contributed by atoms with Gasteiger partial charge in [0, 0.05) is 5.56 Å². The van der Waals surface area contributed by atoms with E-state index in [1.54, 1.807) is 0 Å². The summed E-state index contributed by atoms with van der Waals surface area (Å²) in [5.74, 6) is -1.56. The summed E-state index contributed by atoms with van der Waals surface area (Å²) in [5, 5.41) is 17.3. The average molecular weight is 225 g/mol. The highest BCUT2D eigenvalue weighted by molar-refractivity contribution is 5.97. The van der Waals surface area contributed by atoms with Crippen LogP contribution in [0, 0.1) is 0 Å². The fourth-order valence-corrected chi connectivity index (χ4v) is 1.02. The van der Waals surface area contributed by atoms with Gasteiger partial charge in [0.1, 0.15) is 5.75 Å². The van der Waals surface area contributed by atoms with Crippen molar-refractivity contribution in [2.45, 2.75) is 6.29 Å². The summed E-state index contributed by atoms with van der Waals surface area (Å²) in [6.07, 6.45) is -1.92. The number of nitrogens with two attached hydrogens (primary N) is 1. The molecule has 1 aromatic rings. The van der Waals surface area contributed by atoms with Crippen molar-refractivity contribution < 1.29 is 24.5 Å². The molecule has 0 aliphatic heterocycles. The molecule has 0 radical (unpaired) electrons. The first-order valence-electron chi connectivity index (χ1n) is 4.45. The zero-order valence-electron chi connectivity index (χ0n) is 8.29. The third-order valence-electron chi connectivity index (χ3n) is 1.82. The summed E-state index contributed by atoms with van der Waals surface area (Å²) in [5.41, 5.74) is 5.57. The normalized spacial score (nSPS) is 11.9. The van der Waals surface area contributed by atoms with Crippen LogP contribution in [0.2, 0.25) is 0 Å². The molecule has 1 aromatic carbocycles. The van der Waals surface area contributed by atoms with Gasteiger partial charge in [-0.05, 0) is 24.3 Å². The van der Waals surface area contributed by atoms with E-state index in [9.17, 15) is 9.59 Å². The van der Waals surface area contributed by atoms with Crippen LogP contribution in [-0.4, -0.2) is 34.8 Å². The molecule has 0 saturated heterocycles. The summed E-state index contributed by atoms with van der Waals surface area (Å²) in [6, 6.07) is 5.66. The van der Waals surface area contributed by atoms with Gasteiger partial charge in [0.2, 0.25) is 0 Å². The number of carboxylic acids is 1. The van der Waals surface area contributed by atoms with E-state index >= 15 is 0 Å². The second-order valence-electron chi connectivity index (χ2n) is 2.96. The van der Waals surface area contributed by atoms with Gasteiger partial charge in [-0.15, -0.1) is 0 Å². The largest absolute Gasteiger partial charge is 0.477 e. The third-order valence-corrected chi connectivity index (χ3v) is 1.82. The van der Waals surface area contributed by atoms with Crippen molar-refractivity contribution in [3.63, 3.8) is 0 Å². The fraction of sp³-hybridized carbons (Fsp3) is 0.200. The topological polar surface area (TPSA) is 110 Å². The highest BCUT2D eigenvalue weighted by Gasteiger charge is 2.14. The van der Waals surface area contributed by atoms with Crippen molar-refractivity contribution in [2.24, 2.45) is 5.73 Å². The number of ketones is 1. The van der Waals surface area contributed by atoms with Crippen molar-refractivity contribution in [2.75, 3.05) is 6.54 Å². The van der Waals surface area contributed by atoms with E-state index < -0.39 is 12.3 Å². The number of aliphatic hydroxyl groups is 1. The van der Waals surface area contributed by atoms with Crippen LogP contribution in [0.15, 0.2) is 24.3 Å². The first kappa shape index (κ1) is 12.2. The van der Waals surface area contributed by atoms with E-state index in [-0.39, 0.29) is 18.1 Å². The Morgan fingerprint density at radius 2 is 1.88 bits per heavy atom. The average Bonchev–Trinajstić information content (AvgIpc) is 2.28. The van der Waals surface area contributed by atoms with Crippen LogP contribution in [0.5, 0.6) is 5.75 Å². The summed E-state index contributed by atoms with van der Waals surface area (Å²) >= 11 is 0. The minimum absolute atomic E-state index is 0.0993. The minimum Gasteiger partial charge on any atom is -0.477 e. The molecule has 0 aliphatic rings. The van der Waals surface area contributed by atoms with Crippen molar-refractivity contribution in [3.05, 3.63) is 29.8 Å². The monoisotopic (exact) mass is 225 g/mol. The van der Waals surface area contributed by atoms with Crippen molar-refractivity contribution >= 4 is 11.8 Å². The van der Waals surface area contributed by atoms with E-state index in [2.05, 4.69) is 4.74 Å². The second-order valence-corrected chi connectivity index (χ2v) is 2.96. The molecular weight excluding hydrogens is 214 g/mol. The molecule has 16 heavy (non-hydrogen) atoms. The number of benzene rings is 1. The molecule has 6 heteroatoms. The molecule has 4 N–H and O–H groups in total. The Balaban J connectivity index is 2.72. The van der Waals surface area contributed by atoms with E-state index in [0.717, 1.165) is 0 Å². The summed E-state index contributed by atoms with van der Waals surface area (Å²) in [6.45, 7) is -0.0993. The third kappa shape index (κ3) is 3.04. The molecule has 6 nitrogen and oxygen atoms in total. The molecule has 0 amide bonds. The van der Waals surface area contributed by atoms with Crippen LogP contribution in [0.3, 0.4) is 0 Å². The highest BCUT2D eigenvalue weighted by Crippen LogP contribution is 2.13. The first-order valence-corrected chi connectivity index (χ1v) is 4.45. The lowest BCUT2D eigenvalue weighted by molar-refractivity contribution is -0.162. The lowest BCUT2D eigenvalue weighted by Crippen LogP contribution is -2.26. The van der Waals surface area contributed by atoms with Gasteiger partial charge in [-0.25, -0.2) is 4.79 Å². The molecule has 1 unspecified atom stereocenters. The maximum atomic E-state index is 11.1. The number of aliphatic hydroxyl groups excluding tert-OH is 1. The Labute approximate surface area is 91.3 Å². The number of Topliss-reactive ketones (excluding diaryl/α,β-unsaturated/α-hetero) is 1. The maximum absolute atomic E-state index is 11.1. The number of carboxylic acid groups (broad SMARTS) is 1. The molecule has 0 spiro atoms. The maximum Gasteiger partial charge on any atom is 0.373 e. The number of aliphatic carboxylic acids is 1. The SMILES string of the molecule is NCC(=O)c1ccc(OC(O)C(=O)O)cc1. The molecular formula is C10H11NO5. The quantitative estimate of drug-likeness (QED) is 0.465. The molecule has 1 rings (SSSR count). The van der Waals surface area contributed by atoms with Gasteiger partial charge in [0.05, 0.1) is 6.54 Å². The predicted octanol–water partition coefficient (Wildman–Crippen LogP) is -0.390. The van der Waals surface area contributed by atoms with Gasteiger partial charge in [0.15, 0.2) is 5.78 Å². The summed E-state index contributed by atoms with van der Waals surface area (Å²) in [4.78, 5) is 21.4. The van der Waals surface area contributed by atoms with Crippen molar-refractivity contribution in [1.29, 1.82) is 0 Å². The highest BCUT2D eigenvalue weighted by atomic mass is 16.6. The molecule has 86 valence electrons. The van der Waals surface area contributed by atoms with E-state index in [4.69, 9.17) is 15.9 Å². The van der Waals surface area contributed by atoms with Crippen LogP contribution in [0.1, 0.15) is 10.4 Å². The molecule has 0 fully saturated rings. The first-order chi connectivity index (χ1) is 7.54. The van der Waals surface area contributed by atoms with Crippen LogP contribution < -0.4 is 10.5 Å². The standard InChI is InChI=1S/C10H11NO5/c11-5-8(12)6-1-3-7(4-2-6)16-10(15)9(13)14/h1-4,10,15H,5,11H2,(H,13,14). The fourth-order valence-electron chi connectivity index (χ4n) is 1.02. The van der Waals surface area contributed by atoms with Crippen LogP contribution in [-0.2, 0) is 4.79 Å². The summed E-state index contributed by atoms with van der Waals surface area (Å²) in [7, 11) is 0. The summed E-state index contributed by atoms with van der Waals surface area (Å²) < 4.78 is 4.66. The molecule has 1 atom stereocenters. The zero-order valence-corrected chi connectivity index (χ0v) is 8.29. The van der Waals surface area contributed by atoms with E-state index in [0.29, 0.717) is 5.56 Å². The van der Waals surface area contributed by atoms with E-state index in [1.807, 2.05) is 0 Å². The molecule has 0 saturated carbocycles. The predicted molar refractivity (Wildman–Crippen MR) is 54.1 cm³/mol. The van der Waals surface area contributed by atoms with Gasteiger partial charge >= 0.3 is 5.97 Å². The number of hydrogen-bond donors (Lipinski definition) is 3. The number of carbonyl (C=O) groups excluding carboxylic acids is 1. The van der Waals surface area contributed by atoms with E-state index in [1.165, 1.54) is 24.3 Å². The van der Waals surface area contributed by atoms with Crippen LogP contribution in [0.25, 0.3) is 0 Å². The Kier molecular flexibility index (Phi) is 3.98. The Morgan fingerprint density at radius 3 is 2.31 bits per heavy atom. The number of rotatable bonds is 5. The van der Waals surface area contributed by atoms with Crippen LogP contribution in [0.4, 0.5) is 0 Å². The van der Waals surface area contributed by atoms with Crippen LogP contribution >= 0.6 is 0 Å². The minimum atomic E-state index is -1.92. The van der Waals surface area contributed by atoms with Crippen molar-refractivity contribution in [1.82, 2.24) is 0 Å². The van der Waals surface area contributed by atoms with Gasteiger partial charge in [-0.3, -0.25) is 4.79 Å². The zero-order chi connectivity index (χ0) is 12.1. The molecule has 0 aromatic heterocycles. The number of carbonyl (C=O) groups is 2. The molecule has 0 bridgehead atoms.